The molecule has 0 saturated heterocycles. The van der Waals surface area contributed by atoms with Gasteiger partial charge in [0.25, 0.3) is 0 Å². The van der Waals surface area contributed by atoms with E-state index in [1.165, 1.54) is 0 Å². The first-order valence-electron chi connectivity index (χ1n) is 7.12. The van der Waals surface area contributed by atoms with Crippen LogP contribution in [0.3, 0.4) is 0 Å². The van der Waals surface area contributed by atoms with E-state index in [1.807, 2.05) is 73.0 Å². The van der Waals surface area contributed by atoms with Gasteiger partial charge in [0.2, 0.25) is 0 Å². The van der Waals surface area contributed by atoms with Crippen LogP contribution >= 0.6 is 11.3 Å². The van der Waals surface area contributed by atoms with Crippen molar-refractivity contribution in [2.75, 3.05) is 0 Å². The molecule has 1 unspecified atom stereocenters. The summed E-state index contributed by atoms with van der Waals surface area (Å²) in [6.07, 6.45) is 0. The second-order valence-corrected chi connectivity index (χ2v) is 7.67. The third-order valence-corrected chi connectivity index (χ3v) is 5.90. The van der Waals surface area contributed by atoms with E-state index in [0.29, 0.717) is 5.75 Å². The highest BCUT2D eigenvalue weighted by atomic mass is 32.2. The topological polar surface area (TPSA) is 36.0 Å². The standard InChI is InChI=1S/C18H17NOS2/c1-14-19-17(12-21-14)13-22(20)18(15-8-4-2-5-9-15)16-10-6-3-7-11-16/h2-12,18H,13H2,1H3. The highest BCUT2D eigenvalue weighted by molar-refractivity contribution is 7.91. The van der Waals surface area contributed by atoms with Crippen molar-refractivity contribution in [2.24, 2.45) is 0 Å². The molecule has 0 bridgehead atoms. The maximum Gasteiger partial charge on any atom is 0.166 e. The van der Waals surface area contributed by atoms with E-state index in [9.17, 15) is 4.55 Å². The van der Waals surface area contributed by atoms with E-state index in [1.54, 1.807) is 11.3 Å². The fourth-order valence-corrected chi connectivity index (χ4v) is 4.70. The van der Waals surface area contributed by atoms with Crippen molar-refractivity contribution in [1.29, 1.82) is 0 Å². The average Bonchev–Trinajstić information content (AvgIpc) is 2.95. The Labute approximate surface area is 138 Å². The van der Waals surface area contributed by atoms with Crippen LogP contribution in [0.5, 0.6) is 0 Å². The summed E-state index contributed by atoms with van der Waals surface area (Å²) in [5, 5.41) is 2.90. The molecule has 0 radical (unpaired) electrons. The molecule has 0 aliphatic heterocycles. The van der Waals surface area contributed by atoms with Crippen LogP contribution < -0.4 is 0 Å². The van der Waals surface area contributed by atoms with Crippen LogP contribution in [0.15, 0.2) is 66.0 Å². The molecule has 4 heteroatoms. The van der Waals surface area contributed by atoms with Gasteiger partial charge in [-0.05, 0) is 18.1 Å². The van der Waals surface area contributed by atoms with Crippen LogP contribution in [0.25, 0.3) is 0 Å². The smallest absolute Gasteiger partial charge is 0.166 e. The van der Waals surface area contributed by atoms with Crippen molar-refractivity contribution in [1.82, 2.24) is 4.98 Å². The summed E-state index contributed by atoms with van der Waals surface area (Å²) in [6.45, 7) is 1.98. The maximum absolute atomic E-state index is 13.0. The fraction of sp³-hybridized carbons (Fsp3) is 0.167. The average molecular weight is 327 g/mol. The van der Waals surface area contributed by atoms with Gasteiger partial charge in [0.05, 0.1) is 5.01 Å². The Kier molecular flexibility index (Phi) is 4.93. The molecule has 1 aromatic heterocycles. The number of rotatable bonds is 5. The van der Waals surface area contributed by atoms with Gasteiger partial charge in [-0.1, -0.05) is 60.7 Å². The highest BCUT2D eigenvalue weighted by Gasteiger charge is 2.27. The molecule has 0 N–H and O–H groups in total. The Bertz CT molecular complexity index is 673. The summed E-state index contributed by atoms with van der Waals surface area (Å²) in [4.78, 5) is 4.45. The van der Waals surface area contributed by atoms with Crippen molar-refractivity contribution < 1.29 is 4.55 Å². The molecule has 0 aliphatic rings. The van der Waals surface area contributed by atoms with E-state index in [-0.39, 0.29) is 5.25 Å². The molecule has 3 aromatic rings. The minimum absolute atomic E-state index is 0.121. The largest absolute Gasteiger partial charge is 0.615 e. The lowest BCUT2D eigenvalue weighted by Gasteiger charge is -2.22. The van der Waals surface area contributed by atoms with Crippen molar-refractivity contribution >= 4 is 22.5 Å². The van der Waals surface area contributed by atoms with E-state index in [4.69, 9.17) is 0 Å². The van der Waals surface area contributed by atoms with Gasteiger partial charge in [-0.3, -0.25) is 0 Å². The zero-order chi connectivity index (χ0) is 15.4. The van der Waals surface area contributed by atoms with Gasteiger partial charge in [-0.25, -0.2) is 4.98 Å². The molecule has 2 nitrogen and oxygen atoms in total. The maximum atomic E-state index is 13.0. The van der Waals surface area contributed by atoms with Gasteiger partial charge in [0.15, 0.2) is 5.25 Å². The monoisotopic (exact) mass is 327 g/mol. The van der Waals surface area contributed by atoms with Gasteiger partial charge in [0.1, 0.15) is 11.4 Å². The van der Waals surface area contributed by atoms with Crippen LogP contribution in [0.2, 0.25) is 0 Å². The number of nitrogens with zero attached hydrogens (tertiary/aromatic N) is 1. The molecular formula is C18H17NOS2. The Morgan fingerprint density at radius 3 is 2.00 bits per heavy atom. The first kappa shape index (κ1) is 15.3. The SMILES string of the molecule is Cc1nc(C[S+]([O-])C(c2ccccc2)c2ccccc2)cs1. The van der Waals surface area contributed by atoms with E-state index < -0.39 is 11.2 Å². The second kappa shape index (κ2) is 7.09. The molecule has 3 rings (SSSR count). The van der Waals surface area contributed by atoms with Crippen molar-refractivity contribution in [3.8, 4) is 0 Å². The molecule has 0 aliphatic carbocycles. The molecule has 0 fully saturated rings. The molecule has 1 heterocycles. The molecule has 0 amide bonds. The molecule has 112 valence electrons. The van der Waals surface area contributed by atoms with Gasteiger partial charge < -0.3 is 4.55 Å². The van der Waals surface area contributed by atoms with E-state index in [2.05, 4.69) is 4.98 Å². The van der Waals surface area contributed by atoms with Crippen molar-refractivity contribution in [3.05, 3.63) is 87.9 Å². The third kappa shape index (κ3) is 3.58. The van der Waals surface area contributed by atoms with Crippen molar-refractivity contribution in [3.63, 3.8) is 0 Å². The molecule has 0 spiro atoms. The summed E-state index contributed by atoms with van der Waals surface area (Å²) >= 11 is 0.551. The van der Waals surface area contributed by atoms with E-state index >= 15 is 0 Å². The number of aryl methyl sites for hydroxylation is 1. The lowest BCUT2D eigenvalue weighted by Crippen LogP contribution is -2.17. The number of benzene rings is 2. The molecule has 0 saturated carbocycles. The lowest BCUT2D eigenvalue weighted by atomic mass is 10.0. The zero-order valence-electron chi connectivity index (χ0n) is 12.3. The minimum atomic E-state index is -1.05. The lowest BCUT2D eigenvalue weighted by molar-refractivity contribution is 0.586. The van der Waals surface area contributed by atoms with Crippen LogP contribution in [-0.2, 0) is 16.9 Å². The zero-order valence-corrected chi connectivity index (χ0v) is 13.9. The first-order chi connectivity index (χ1) is 10.7. The normalized spacial score (nSPS) is 12.5. The number of hydrogen-bond donors (Lipinski definition) is 0. The Balaban J connectivity index is 1.91. The summed E-state index contributed by atoms with van der Waals surface area (Å²) < 4.78 is 13.0. The van der Waals surface area contributed by atoms with E-state index in [0.717, 1.165) is 21.8 Å². The summed E-state index contributed by atoms with van der Waals surface area (Å²) in [5.41, 5.74) is 3.08. The molecule has 2 aromatic carbocycles. The van der Waals surface area contributed by atoms with Gasteiger partial charge in [-0.2, -0.15) is 0 Å². The molecular weight excluding hydrogens is 310 g/mol. The quantitative estimate of drug-likeness (QED) is 0.647. The number of thiazole rings is 1. The fourth-order valence-electron chi connectivity index (χ4n) is 2.46. The predicted octanol–water partition coefficient (Wildman–Crippen LogP) is 4.49. The Morgan fingerprint density at radius 2 is 1.55 bits per heavy atom. The highest BCUT2D eigenvalue weighted by Crippen LogP contribution is 2.32. The predicted molar refractivity (Wildman–Crippen MR) is 93.4 cm³/mol. The molecule has 22 heavy (non-hydrogen) atoms. The Morgan fingerprint density at radius 1 is 1.00 bits per heavy atom. The van der Waals surface area contributed by atoms with Gasteiger partial charge >= 0.3 is 0 Å². The van der Waals surface area contributed by atoms with Gasteiger partial charge in [0, 0.05) is 16.5 Å². The van der Waals surface area contributed by atoms with Gasteiger partial charge in [-0.15, -0.1) is 11.3 Å². The van der Waals surface area contributed by atoms with Crippen LogP contribution in [0.1, 0.15) is 27.1 Å². The third-order valence-electron chi connectivity index (χ3n) is 3.42. The Hall–Kier alpha value is -1.62. The van der Waals surface area contributed by atoms with Crippen molar-refractivity contribution in [2.45, 2.75) is 17.9 Å². The summed E-state index contributed by atoms with van der Waals surface area (Å²) in [5.74, 6) is 0.485. The summed E-state index contributed by atoms with van der Waals surface area (Å²) in [7, 11) is 0. The number of hydrogen-bond acceptors (Lipinski definition) is 3. The van der Waals surface area contributed by atoms with Crippen LogP contribution in [-0.4, -0.2) is 9.54 Å². The summed E-state index contributed by atoms with van der Waals surface area (Å²) in [6, 6.07) is 20.1. The number of aromatic nitrogens is 1. The van der Waals surface area contributed by atoms with Crippen LogP contribution in [0.4, 0.5) is 0 Å². The minimum Gasteiger partial charge on any atom is -0.615 e. The first-order valence-corrected chi connectivity index (χ1v) is 9.38. The second-order valence-electron chi connectivity index (χ2n) is 5.08. The molecule has 1 atom stereocenters. The van der Waals surface area contributed by atoms with Crippen LogP contribution in [0, 0.1) is 6.92 Å².